The molecule has 0 aromatic heterocycles. The van der Waals surface area contributed by atoms with Gasteiger partial charge in [0, 0.05) is 6.54 Å². The van der Waals surface area contributed by atoms with E-state index < -0.39 is 41.4 Å². The molecule has 0 radical (unpaired) electrons. The number of nitrogens with zero attached hydrogens (tertiary/aromatic N) is 2. The predicted molar refractivity (Wildman–Crippen MR) is 96.1 cm³/mol. The molecule has 2 heterocycles. The molecular formula is C18H17FN2O5S. The molecule has 0 saturated carbocycles. The van der Waals surface area contributed by atoms with E-state index in [1.807, 2.05) is 0 Å². The number of piperidine rings is 1. The number of amides is 3. The van der Waals surface area contributed by atoms with Crippen molar-refractivity contribution in [3.8, 4) is 0 Å². The molecule has 3 rings (SSSR count). The summed E-state index contributed by atoms with van der Waals surface area (Å²) in [5, 5.41) is 8.67. The van der Waals surface area contributed by atoms with Gasteiger partial charge in [0.05, 0.1) is 4.91 Å². The average molecular weight is 392 g/mol. The number of thioether (sulfide) groups is 1. The van der Waals surface area contributed by atoms with Crippen LogP contribution < -0.4 is 0 Å². The Labute approximate surface area is 158 Å². The Kier molecular flexibility index (Phi) is 5.59. The van der Waals surface area contributed by atoms with E-state index in [0.29, 0.717) is 36.6 Å². The van der Waals surface area contributed by atoms with Gasteiger partial charge in [0.15, 0.2) is 0 Å². The number of rotatable bonds is 4. The number of carboxylic acids is 1. The highest BCUT2D eigenvalue weighted by atomic mass is 32.2. The smallest absolute Gasteiger partial charge is 0.326 e. The summed E-state index contributed by atoms with van der Waals surface area (Å²) in [6, 6.07) is 4.49. The summed E-state index contributed by atoms with van der Waals surface area (Å²) in [7, 11) is 0. The van der Waals surface area contributed by atoms with Gasteiger partial charge in [0.2, 0.25) is 5.91 Å². The Morgan fingerprint density at radius 3 is 2.59 bits per heavy atom. The normalized spacial score (nSPS) is 21.8. The molecule has 1 aromatic carbocycles. The number of carbonyl (C=O) groups is 4. The summed E-state index contributed by atoms with van der Waals surface area (Å²) in [6.45, 7) is -0.202. The number of hydrogen-bond donors (Lipinski definition) is 1. The number of carbonyl (C=O) groups excluding carboxylic acids is 3. The van der Waals surface area contributed by atoms with Gasteiger partial charge in [-0.05, 0) is 54.8 Å². The lowest BCUT2D eigenvalue weighted by atomic mass is 10.0. The fourth-order valence-electron chi connectivity index (χ4n) is 3.06. The number of benzene rings is 1. The molecule has 2 fully saturated rings. The summed E-state index contributed by atoms with van der Waals surface area (Å²) in [5.41, 5.74) is 0.551. The Bertz CT molecular complexity index is 824. The second kappa shape index (κ2) is 7.91. The van der Waals surface area contributed by atoms with Gasteiger partial charge in [-0.25, -0.2) is 9.18 Å². The third-order valence-corrected chi connectivity index (χ3v) is 5.35. The maximum absolute atomic E-state index is 13.0. The molecule has 0 aliphatic carbocycles. The maximum Gasteiger partial charge on any atom is 0.326 e. The van der Waals surface area contributed by atoms with Gasteiger partial charge in [0.1, 0.15) is 18.4 Å². The lowest BCUT2D eigenvalue weighted by molar-refractivity contribution is -0.152. The predicted octanol–water partition coefficient (Wildman–Crippen LogP) is 2.33. The van der Waals surface area contributed by atoms with Crippen LogP contribution in [0.3, 0.4) is 0 Å². The number of imide groups is 1. The van der Waals surface area contributed by atoms with Gasteiger partial charge in [-0.3, -0.25) is 19.3 Å². The highest BCUT2D eigenvalue weighted by Crippen LogP contribution is 2.32. The van der Waals surface area contributed by atoms with Crippen LogP contribution in [0.2, 0.25) is 0 Å². The van der Waals surface area contributed by atoms with Gasteiger partial charge in [-0.1, -0.05) is 12.1 Å². The average Bonchev–Trinajstić information content (AvgIpc) is 2.91. The molecule has 7 nitrogen and oxygen atoms in total. The largest absolute Gasteiger partial charge is 0.480 e. The first-order valence-electron chi connectivity index (χ1n) is 8.40. The van der Waals surface area contributed by atoms with Crippen molar-refractivity contribution in [2.75, 3.05) is 13.1 Å². The minimum atomic E-state index is -1.09. The highest BCUT2D eigenvalue weighted by molar-refractivity contribution is 8.18. The zero-order valence-electron chi connectivity index (χ0n) is 14.3. The van der Waals surface area contributed by atoms with E-state index >= 15 is 0 Å². The third kappa shape index (κ3) is 4.19. The topological polar surface area (TPSA) is 95.0 Å². The molecule has 0 spiro atoms. The Morgan fingerprint density at radius 2 is 1.93 bits per heavy atom. The minimum Gasteiger partial charge on any atom is -0.480 e. The maximum atomic E-state index is 13.0. The van der Waals surface area contributed by atoms with E-state index in [9.17, 15) is 28.7 Å². The van der Waals surface area contributed by atoms with Gasteiger partial charge < -0.3 is 10.0 Å². The van der Waals surface area contributed by atoms with Crippen LogP contribution in [-0.4, -0.2) is 57.1 Å². The first-order valence-corrected chi connectivity index (χ1v) is 9.21. The molecule has 27 heavy (non-hydrogen) atoms. The van der Waals surface area contributed by atoms with Crippen LogP contribution in [0.5, 0.6) is 0 Å². The molecule has 3 amide bonds. The molecule has 2 saturated heterocycles. The zero-order chi connectivity index (χ0) is 19.6. The monoisotopic (exact) mass is 392 g/mol. The fraction of sp³-hybridized carbons (Fsp3) is 0.333. The molecule has 1 aromatic rings. The number of halogens is 1. The molecule has 2 aliphatic heterocycles. The van der Waals surface area contributed by atoms with Crippen molar-refractivity contribution in [3.63, 3.8) is 0 Å². The van der Waals surface area contributed by atoms with Crippen molar-refractivity contribution in [2.24, 2.45) is 0 Å². The fourth-order valence-corrected chi connectivity index (χ4v) is 3.90. The molecule has 1 N–H and O–H groups in total. The van der Waals surface area contributed by atoms with E-state index in [4.69, 9.17) is 0 Å². The molecule has 0 unspecified atom stereocenters. The second-order valence-electron chi connectivity index (χ2n) is 6.26. The van der Waals surface area contributed by atoms with Gasteiger partial charge in [-0.2, -0.15) is 0 Å². The third-order valence-electron chi connectivity index (χ3n) is 4.44. The number of carboxylic acid groups (broad SMARTS) is 1. The number of hydrogen-bond acceptors (Lipinski definition) is 5. The van der Waals surface area contributed by atoms with Crippen LogP contribution in [0.1, 0.15) is 24.8 Å². The van der Waals surface area contributed by atoms with Crippen molar-refractivity contribution in [1.82, 2.24) is 9.80 Å². The van der Waals surface area contributed by atoms with Crippen LogP contribution in [0.25, 0.3) is 6.08 Å². The SMILES string of the molecule is O=C(O)[C@H]1CCCCN1C(=O)CN1C(=O)S/C(=C\c2ccc(F)cc2)C1=O. The van der Waals surface area contributed by atoms with Crippen LogP contribution >= 0.6 is 11.8 Å². The Hall–Kier alpha value is -2.68. The summed E-state index contributed by atoms with van der Waals surface area (Å²) in [4.78, 5) is 50.6. The quantitative estimate of drug-likeness (QED) is 0.791. The summed E-state index contributed by atoms with van der Waals surface area (Å²) in [6.07, 6.45) is 3.20. The van der Waals surface area contributed by atoms with Crippen LogP contribution in [0, 0.1) is 5.82 Å². The van der Waals surface area contributed by atoms with Crippen molar-refractivity contribution in [1.29, 1.82) is 0 Å². The summed E-state index contributed by atoms with van der Waals surface area (Å²) >= 11 is 0.694. The lowest BCUT2D eigenvalue weighted by Gasteiger charge is -2.33. The lowest BCUT2D eigenvalue weighted by Crippen LogP contribution is -2.51. The van der Waals surface area contributed by atoms with E-state index in [-0.39, 0.29) is 11.4 Å². The number of aliphatic carboxylic acids is 1. The molecular weight excluding hydrogens is 375 g/mol. The van der Waals surface area contributed by atoms with Gasteiger partial charge in [-0.15, -0.1) is 0 Å². The van der Waals surface area contributed by atoms with Gasteiger partial charge >= 0.3 is 5.97 Å². The zero-order valence-corrected chi connectivity index (χ0v) is 15.1. The molecule has 142 valence electrons. The highest BCUT2D eigenvalue weighted by Gasteiger charge is 2.39. The van der Waals surface area contributed by atoms with Crippen molar-refractivity contribution >= 4 is 40.9 Å². The van der Waals surface area contributed by atoms with E-state index in [1.54, 1.807) is 0 Å². The Morgan fingerprint density at radius 1 is 1.22 bits per heavy atom. The molecule has 2 aliphatic rings. The van der Waals surface area contributed by atoms with Crippen LogP contribution in [0.15, 0.2) is 29.2 Å². The van der Waals surface area contributed by atoms with Crippen molar-refractivity contribution in [3.05, 3.63) is 40.6 Å². The first kappa shape index (κ1) is 19.1. The van der Waals surface area contributed by atoms with E-state index in [1.165, 1.54) is 35.2 Å². The standard InChI is InChI=1S/C18H17FN2O5S/c19-12-6-4-11(5-7-12)9-14-16(23)21(18(26)27-14)10-15(22)20-8-2-1-3-13(20)17(24)25/h4-7,9,13H,1-3,8,10H2,(H,24,25)/b14-9-/t13-/m1/s1. The molecule has 9 heteroatoms. The summed E-state index contributed by atoms with van der Waals surface area (Å²) < 4.78 is 13.0. The van der Waals surface area contributed by atoms with Crippen LogP contribution in [0.4, 0.5) is 9.18 Å². The molecule has 0 bridgehead atoms. The van der Waals surface area contributed by atoms with E-state index in [2.05, 4.69) is 0 Å². The number of likely N-dealkylation sites (tertiary alicyclic amines) is 1. The summed E-state index contributed by atoms with van der Waals surface area (Å²) in [5.74, 6) is -2.69. The van der Waals surface area contributed by atoms with Gasteiger partial charge in [0.25, 0.3) is 11.1 Å². The van der Waals surface area contributed by atoms with Crippen molar-refractivity contribution < 1.29 is 28.7 Å². The second-order valence-corrected chi connectivity index (χ2v) is 7.25. The minimum absolute atomic E-state index is 0.132. The van der Waals surface area contributed by atoms with Crippen molar-refractivity contribution in [2.45, 2.75) is 25.3 Å². The van der Waals surface area contributed by atoms with E-state index in [0.717, 1.165) is 4.90 Å². The molecule has 1 atom stereocenters. The first-order chi connectivity index (χ1) is 12.9. The Balaban J connectivity index is 1.72. The van der Waals surface area contributed by atoms with Crippen LogP contribution in [-0.2, 0) is 14.4 Å².